The van der Waals surface area contributed by atoms with Crippen molar-refractivity contribution in [3.05, 3.63) is 77.9 Å². The SMILES string of the molecule is Cc1ccc(S(=O)(=O)N(C)[C@@H](CCN)C(=O)N[C@@H](Cc2ccccc2)C(N)=O)c2ccccc12. The number of hydrogen-bond donors (Lipinski definition) is 3. The maximum absolute atomic E-state index is 13.6. The number of rotatable bonds is 10. The zero-order valence-corrected chi connectivity index (χ0v) is 20.1. The zero-order valence-electron chi connectivity index (χ0n) is 19.3. The van der Waals surface area contributed by atoms with Gasteiger partial charge in [-0.2, -0.15) is 4.31 Å². The highest BCUT2D eigenvalue weighted by Crippen LogP contribution is 2.28. The number of benzene rings is 3. The first-order valence-electron chi connectivity index (χ1n) is 11.0. The van der Waals surface area contributed by atoms with Crippen LogP contribution < -0.4 is 16.8 Å². The number of nitrogens with zero attached hydrogens (tertiary/aromatic N) is 1. The molecule has 5 N–H and O–H groups in total. The summed E-state index contributed by atoms with van der Waals surface area (Å²) < 4.78 is 28.2. The van der Waals surface area contributed by atoms with Crippen LogP contribution in [0.1, 0.15) is 17.5 Å². The average molecular weight is 483 g/mol. The van der Waals surface area contributed by atoms with Crippen LogP contribution in [0.4, 0.5) is 0 Å². The van der Waals surface area contributed by atoms with E-state index in [0.717, 1.165) is 20.8 Å². The molecule has 0 unspecified atom stereocenters. The molecule has 2 amide bonds. The molecule has 0 radical (unpaired) electrons. The molecule has 0 aliphatic rings. The Kier molecular flexibility index (Phi) is 8.03. The molecule has 0 aliphatic heterocycles. The van der Waals surface area contributed by atoms with Gasteiger partial charge in [0, 0.05) is 18.9 Å². The van der Waals surface area contributed by atoms with Gasteiger partial charge in [-0.05, 0) is 42.5 Å². The van der Waals surface area contributed by atoms with Crippen LogP contribution in [0.15, 0.2) is 71.6 Å². The summed E-state index contributed by atoms with van der Waals surface area (Å²) in [5, 5.41) is 4.01. The fourth-order valence-electron chi connectivity index (χ4n) is 3.95. The number of nitrogens with one attached hydrogen (secondary N) is 1. The summed E-state index contributed by atoms with van der Waals surface area (Å²) in [7, 11) is -2.72. The number of fused-ring (bicyclic) bond motifs is 1. The van der Waals surface area contributed by atoms with Gasteiger partial charge in [-0.3, -0.25) is 9.59 Å². The van der Waals surface area contributed by atoms with E-state index in [0.29, 0.717) is 5.39 Å². The number of sulfonamides is 1. The molecule has 3 aromatic rings. The van der Waals surface area contributed by atoms with E-state index >= 15 is 0 Å². The summed E-state index contributed by atoms with van der Waals surface area (Å²) >= 11 is 0. The highest BCUT2D eigenvalue weighted by atomic mass is 32.2. The Labute approximate surface area is 200 Å². The number of likely N-dealkylation sites (N-methyl/N-ethyl adjacent to an activating group) is 1. The number of amides is 2. The Morgan fingerprint density at radius 1 is 0.971 bits per heavy atom. The molecule has 0 saturated heterocycles. The topological polar surface area (TPSA) is 136 Å². The van der Waals surface area contributed by atoms with Crippen molar-refractivity contribution in [3.63, 3.8) is 0 Å². The molecule has 180 valence electrons. The lowest BCUT2D eigenvalue weighted by atomic mass is 10.0. The largest absolute Gasteiger partial charge is 0.368 e. The van der Waals surface area contributed by atoms with E-state index in [1.54, 1.807) is 24.3 Å². The van der Waals surface area contributed by atoms with Gasteiger partial charge in [-0.15, -0.1) is 0 Å². The first-order chi connectivity index (χ1) is 16.2. The smallest absolute Gasteiger partial charge is 0.244 e. The third-order valence-corrected chi connectivity index (χ3v) is 7.81. The summed E-state index contributed by atoms with van der Waals surface area (Å²) in [6, 6.07) is 17.5. The molecule has 0 bridgehead atoms. The molecule has 0 aromatic heterocycles. The number of hydrogen-bond acceptors (Lipinski definition) is 5. The van der Waals surface area contributed by atoms with Gasteiger partial charge in [-0.1, -0.05) is 60.7 Å². The third-order valence-electron chi connectivity index (χ3n) is 5.88. The minimum absolute atomic E-state index is 0.0716. The van der Waals surface area contributed by atoms with E-state index < -0.39 is 33.9 Å². The molecule has 0 saturated carbocycles. The normalized spacial score (nSPS) is 13.5. The minimum Gasteiger partial charge on any atom is -0.368 e. The number of nitrogens with two attached hydrogens (primary N) is 2. The Morgan fingerprint density at radius 2 is 1.59 bits per heavy atom. The van der Waals surface area contributed by atoms with E-state index in [-0.39, 0.29) is 24.3 Å². The molecule has 0 fully saturated rings. The fourth-order valence-corrected chi connectivity index (χ4v) is 5.49. The highest BCUT2D eigenvalue weighted by molar-refractivity contribution is 7.89. The maximum atomic E-state index is 13.6. The molecular formula is C25H30N4O4S. The summed E-state index contributed by atoms with van der Waals surface area (Å²) in [5.74, 6) is -1.34. The van der Waals surface area contributed by atoms with Crippen molar-refractivity contribution in [3.8, 4) is 0 Å². The Balaban J connectivity index is 1.91. The minimum atomic E-state index is -4.06. The lowest BCUT2D eigenvalue weighted by molar-refractivity contribution is -0.129. The van der Waals surface area contributed by atoms with Crippen LogP contribution in [-0.4, -0.2) is 50.2 Å². The van der Waals surface area contributed by atoms with E-state index in [2.05, 4.69) is 5.32 Å². The molecule has 9 heteroatoms. The highest BCUT2D eigenvalue weighted by Gasteiger charge is 2.35. The molecule has 0 spiro atoms. The van der Waals surface area contributed by atoms with E-state index in [1.807, 2.05) is 49.4 Å². The van der Waals surface area contributed by atoms with E-state index in [9.17, 15) is 18.0 Å². The maximum Gasteiger partial charge on any atom is 0.244 e. The molecule has 8 nitrogen and oxygen atoms in total. The van der Waals surface area contributed by atoms with Crippen LogP contribution in [0.2, 0.25) is 0 Å². The lowest BCUT2D eigenvalue weighted by Crippen LogP contribution is -2.54. The first-order valence-corrected chi connectivity index (χ1v) is 12.4. The van der Waals surface area contributed by atoms with Crippen molar-refractivity contribution in [2.75, 3.05) is 13.6 Å². The molecule has 0 aliphatic carbocycles. The summed E-state index contributed by atoms with van der Waals surface area (Å²) in [5.41, 5.74) is 13.0. The van der Waals surface area contributed by atoms with Gasteiger partial charge in [0.15, 0.2) is 0 Å². The quantitative estimate of drug-likeness (QED) is 0.404. The van der Waals surface area contributed by atoms with Crippen LogP contribution in [-0.2, 0) is 26.0 Å². The molecule has 3 rings (SSSR count). The number of carbonyl (C=O) groups excluding carboxylic acids is 2. The van der Waals surface area contributed by atoms with Gasteiger partial charge in [0.05, 0.1) is 4.90 Å². The molecule has 0 heterocycles. The predicted molar refractivity (Wildman–Crippen MR) is 132 cm³/mol. The average Bonchev–Trinajstić information content (AvgIpc) is 2.82. The summed E-state index contributed by atoms with van der Waals surface area (Å²) in [6.45, 7) is 1.98. The second-order valence-electron chi connectivity index (χ2n) is 8.19. The van der Waals surface area contributed by atoms with Crippen LogP contribution in [0.25, 0.3) is 10.8 Å². The van der Waals surface area contributed by atoms with Crippen molar-refractivity contribution < 1.29 is 18.0 Å². The lowest BCUT2D eigenvalue weighted by Gasteiger charge is -2.28. The second kappa shape index (κ2) is 10.8. The van der Waals surface area contributed by atoms with Crippen molar-refractivity contribution in [2.24, 2.45) is 11.5 Å². The van der Waals surface area contributed by atoms with Crippen LogP contribution in [0.5, 0.6) is 0 Å². The predicted octanol–water partition coefficient (Wildman–Crippen LogP) is 1.70. The number of carbonyl (C=O) groups is 2. The van der Waals surface area contributed by atoms with Crippen molar-refractivity contribution in [2.45, 2.75) is 36.7 Å². The van der Waals surface area contributed by atoms with Gasteiger partial charge in [0.25, 0.3) is 0 Å². The Morgan fingerprint density at radius 3 is 2.21 bits per heavy atom. The van der Waals surface area contributed by atoms with Gasteiger partial charge >= 0.3 is 0 Å². The van der Waals surface area contributed by atoms with Gasteiger partial charge in [0.2, 0.25) is 21.8 Å². The van der Waals surface area contributed by atoms with Crippen LogP contribution in [0, 0.1) is 6.92 Å². The van der Waals surface area contributed by atoms with Crippen LogP contribution >= 0.6 is 0 Å². The molecule has 3 aromatic carbocycles. The molecule has 34 heavy (non-hydrogen) atoms. The Bertz CT molecular complexity index is 1280. The zero-order chi connectivity index (χ0) is 24.9. The van der Waals surface area contributed by atoms with E-state index in [1.165, 1.54) is 7.05 Å². The molecule has 2 atom stereocenters. The monoisotopic (exact) mass is 482 g/mol. The number of primary amides is 1. The van der Waals surface area contributed by atoms with E-state index in [4.69, 9.17) is 11.5 Å². The van der Waals surface area contributed by atoms with Crippen molar-refractivity contribution in [1.82, 2.24) is 9.62 Å². The third kappa shape index (κ3) is 5.44. The standard InChI is InChI=1S/C25H30N4O4S/c1-17-12-13-23(20-11-7-6-10-19(17)20)34(32,33)29(2)22(14-15-26)25(31)28-21(24(27)30)16-18-8-4-3-5-9-18/h3-13,21-22H,14-16,26H2,1-2H3,(H2,27,30)(H,28,31)/t21-,22-/m0/s1. The fraction of sp³-hybridized carbons (Fsp3) is 0.280. The van der Waals surface area contributed by atoms with Gasteiger partial charge in [-0.25, -0.2) is 8.42 Å². The first kappa shape index (κ1) is 25.4. The Hall–Kier alpha value is -3.27. The summed E-state index contributed by atoms with van der Waals surface area (Å²) in [6.07, 6.45) is 0.262. The van der Waals surface area contributed by atoms with Crippen LogP contribution in [0.3, 0.4) is 0 Å². The second-order valence-corrected chi connectivity index (χ2v) is 10.2. The summed E-state index contributed by atoms with van der Waals surface area (Å²) in [4.78, 5) is 25.3. The van der Waals surface area contributed by atoms with Crippen molar-refractivity contribution in [1.29, 1.82) is 0 Å². The van der Waals surface area contributed by atoms with Gasteiger partial charge < -0.3 is 16.8 Å². The van der Waals surface area contributed by atoms with Gasteiger partial charge in [0.1, 0.15) is 12.1 Å². The van der Waals surface area contributed by atoms with Crippen molar-refractivity contribution >= 4 is 32.6 Å². The molecular weight excluding hydrogens is 452 g/mol. The number of aryl methyl sites for hydroxylation is 1.